The van der Waals surface area contributed by atoms with Gasteiger partial charge in [-0.3, -0.25) is 4.79 Å². The molecular weight excluding hydrogens is 238 g/mol. The van der Waals surface area contributed by atoms with Gasteiger partial charge in [0.2, 0.25) is 0 Å². The van der Waals surface area contributed by atoms with Crippen LogP contribution in [0.3, 0.4) is 0 Å². The first-order valence-corrected chi connectivity index (χ1v) is 7.10. The maximum atomic E-state index is 11.2. The summed E-state index contributed by atoms with van der Waals surface area (Å²) in [5.41, 5.74) is 5.95. The summed E-state index contributed by atoms with van der Waals surface area (Å²) in [6, 6.07) is 2.19. The molecule has 0 aromatic heterocycles. The Balaban J connectivity index is 1.98. The molecule has 0 atom stereocenters. The van der Waals surface area contributed by atoms with Crippen LogP contribution >= 0.6 is 0 Å². The Morgan fingerprint density at radius 3 is 2.89 bits per heavy atom. The molecule has 0 radical (unpaired) electrons. The second-order valence-corrected chi connectivity index (χ2v) is 5.52. The van der Waals surface area contributed by atoms with Gasteiger partial charge in [-0.2, -0.15) is 0 Å². The molecule has 1 aromatic carbocycles. The number of fused-ring (bicyclic) bond motifs is 2. The number of hydrogen-bond acceptors (Lipinski definition) is 3. The summed E-state index contributed by atoms with van der Waals surface area (Å²) in [5.74, 6) is 0.968. The van der Waals surface area contributed by atoms with Crippen LogP contribution in [0.1, 0.15) is 29.5 Å². The van der Waals surface area contributed by atoms with Crippen molar-refractivity contribution in [2.75, 3.05) is 24.6 Å². The first-order valence-electron chi connectivity index (χ1n) is 7.10. The van der Waals surface area contributed by atoms with E-state index in [0.29, 0.717) is 6.61 Å². The van der Waals surface area contributed by atoms with E-state index in [4.69, 9.17) is 4.74 Å². The number of rotatable bonds is 1. The molecule has 0 fully saturated rings. The lowest BCUT2D eigenvalue weighted by Crippen LogP contribution is -2.35. The summed E-state index contributed by atoms with van der Waals surface area (Å²) in [4.78, 5) is 13.7. The molecule has 0 saturated carbocycles. The number of carbonyl (C=O) groups excluding carboxylic acids is 1. The highest BCUT2D eigenvalue weighted by Crippen LogP contribution is 2.45. The van der Waals surface area contributed by atoms with Crippen molar-refractivity contribution in [2.45, 2.75) is 25.7 Å². The van der Waals surface area contributed by atoms with E-state index in [2.05, 4.69) is 11.0 Å². The second kappa shape index (κ2) is 4.12. The van der Waals surface area contributed by atoms with E-state index in [9.17, 15) is 4.79 Å². The summed E-state index contributed by atoms with van der Waals surface area (Å²) in [6.45, 7) is 2.84. The fraction of sp³-hybridized carbons (Fsp3) is 0.438. The van der Waals surface area contributed by atoms with Crippen molar-refractivity contribution in [3.8, 4) is 5.75 Å². The first kappa shape index (κ1) is 11.1. The maximum Gasteiger partial charge on any atom is 0.150 e. The van der Waals surface area contributed by atoms with E-state index in [1.54, 1.807) is 0 Å². The largest absolute Gasteiger partial charge is 0.488 e. The summed E-state index contributed by atoms with van der Waals surface area (Å²) in [7, 11) is 0. The summed E-state index contributed by atoms with van der Waals surface area (Å²) in [6.07, 6.45) is 7.45. The van der Waals surface area contributed by atoms with Gasteiger partial charge in [0.25, 0.3) is 0 Å². The van der Waals surface area contributed by atoms with Gasteiger partial charge in [0.1, 0.15) is 12.4 Å². The molecule has 0 N–H and O–H groups in total. The Labute approximate surface area is 112 Å². The van der Waals surface area contributed by atoms with Crippen LogP contribution in [-0.4, -0.2) is 26.0 Å². The van der Waals surface area contributed by atoms with Crippen LogP contribution in [-0.2, 0) is 17.6 Å². The number of benzene rings is 1. The third-order valence-corrected chi connectivity index (χ3v) is 4.44. The van der Waals surface area contributed by atoms with E-state index in [1.165, 1.54) is 29.7 Å². The van der Waals surface area contributed by atoms with Crippen LogP contribution in [0.25, 0.3) is 5.57 Å². The topological polar surface area (TPSA) is 29.5 Å². The molecule has 3 nitrogen and oxygen atoms in total. The van der Waals surface area contributed by atoms with Crippen molar-refractivity contribution in [2.24, 2.45) is 0 Å². The van der Waals surface area contributed by atoms with E-state index < -0.39 is 0 Å². The number of carbonyl (C=O) groups is 1. The van der Waals surface area contributed by atoms with Crippen molar-refractivity contribution in [1.82, 2.24) is 0 Å². The van der Waals surface area contributed by atoms with E-state index in [0.717, 1.165) is 49.1 Å². The van der Waals surface area contributed by atoms with Crippen LogP contribution < -0.4 is 9.64 Å². The third kappa shape index (κ3) is 1.54. The molecule has 19 heavy (non-hydrogen) atoms. The average Bonchev–Trinajstić information content (AvgIpc) is 2.47. The Morgan fingerprint density at radius 1 is 1.21 bits per heavy atom. The standard InChI is InChI=1S/C16H17NO2/c18-10-12-5-8-19-16-13-4-2-7-17-6-1-3-11(15(13)17)9-14(12)16/h5,9-10H,1-4,6-8H2. The molecule has 3 heterocycles. The summed E-state index contributed by atoms with van der Waals surface area (Å²) >= 11 is 0. The Morgan fingerprint density at radius 2 is 2.05 bits per heavy atom. The third-order valence-electron chi connectivity index (χ3n) is 4.44. The Bertz CT molecular complexity index is 587. The number of allylic oxidation sites excluding steroid dienone is 1. The molecule has 3 aliphatic heterocycles. The molecular formula is C16H17NO2. The van der Waals surface area contributed by atoms with Crippen molar-refractivity contribution >= 4 is 17.5 Å². The van der Waals surface area contributed by atoms with Gasteiger partial charge in [-0.15, -0.1) is 0 Å². The van der Waals surface area contributed by atoms with Crippen molar-refractivity contribution in [3.63, 3.8) is 0 Å². The smallest absolute Gasteiger partial charge is 0.150 e. The molecule has 1 aromatic rings. The van der Waals surface area contributed by atoms with Gasteiger partial charge >= 0.3 is 0 Å². The Kier molecular flexibility index (Phi) is 2.40. The van der Waals surface area contributed by atoms with E-state index in [1.807, 2.05) is 6.08 Å². The highest BCUT2D eigenvalue weighted by Gasteiger charge is 2.30. The fourth-order valence-electron chi connectivity index (χ4n) is 3.65. The normalized spacial score (nSPS) is 20.0. The van der Waals surface area contributed by atoms with Gasteiger partial charge in [-0.25, -0.2) is 0 Å². The molecule has 4 rings (SSSR count). The minimum Gasteiger partial charge on any atom is -0.488 e. The van der Waals surface area contributed by atoms with Crippen molar-refractivity contribution < 1.29 is 9.53 Å². The quantitative estimate of drug-likeness (QED) is 0.721. The maximum absolute atomic E-state index is 11.2. The molecule has 0 spiro atoms. The molecule has 0 saturated heterocycles. The number of nitrogens with zero attached hydrogens (tertiary/aromatic N) is 1. The predicted molar refractivity (Wildman–Crippen MR) is 74.8 cm³/mol. The molecule has 0 aliphatic carbocycles. The zero-order valence-corrected chi connectivity index (χ0v) is 10.9. The van der Waals surface area contributed by atoms with Gasteiger partial charge in [-0.05, 0) is 43.4 Å². The molecule has 0 amide bonds. The number of aryl methyl sites for hydroxylation is 1. The summed E-state index contributed by atoms with van der Waals surface area (Å²) < 4.78 is 5.86. The van der Waals surface area contributed by atoms with Crippen LogP contribution in [0.15, 0.2) is 12.1 Å². The zero-order valence-electron chi connectivity index (χ0n) is 10.9. The molecule has 98 valence electrons. The average molecular weight is 255 g/mol. The molecule has 3 aliphatic rings. The summed E-state index contributed by atoms with van der Waals surface area (Å²) in [5, 5.41) is 0. The number of anilines is 1. The minimum absolute atomic E-state index is 0.521. The van der Waals surface area contributed by atoms with Gasteiger partial charge in [-0.1, -0.05) is 0 Å². The van der Waals surface area contributed by atoms with Crippen molar-refractivity contribution in [3.05, 3.63) is 28.8 Å². The van der Waals surface area contributed by atoms with Crippen molar-refractivity contribution in [1.29, 1.82) is 0 Å². The number of ether oxygens (including phenoxy) is 1. The van der Waals surface area contributed by atoms with Crippen LogP contribution in [0, 0.1) is 0 Å². The Hall–Kier alpha value is -1.77. The monoisotopic (exact) mass is 255 g/mol. The van der Waals surface area contributed by atoms with Crippen LogP contribution in [0.4, 0.5) is 5.69 Å². The molecule has 3 heteroatoms. The first-order chi connectivity index (χ1) is 9.38. The van der Waals surface area contributed by atoms with E-state index in [-0.39, 0.29) is 0 Å². The highest BCUT2D eigenvalue weighted by molar-refractivity contribution is 6.09. The number of hydrogen-bond donors (Lipinski definition) is 0. The van der Waals surface area contributed by atoms with Gasteiger partial charge in [0.15, 0.2) is 6.29 Å². The SMILES string of the molecule is O=CC1=CCOc2c1cc1c3c2CCCN3CCC1. The van der Waals surface area contributed by atoms with Gasteiger partial charge in [0.05, 0.1) is 0 Å². The van der Waals surface area contributed by atoms with Gasteiger partial charge < -0.3 is 9.64 Å². The lowest BCUT2D eigenvalue weighted by atomic mass is 9.87. The lowest BCUT2D eigenvalue weighted by Gasteiger charge is -2.38. The van der Waals surface area contributed by atoms with Gasteiger partial charge in [0, 0.05) is 35.5 Å². The molecule has 0 bridgehead atoms. The zero-order chi connectivity index (χ0) is 12.8. The van der Waals surface area contributed by atoms with Crippen LogP contribution in [0.2, 0.25) is 0 Å². The van der Waals surface area contributed by atoms with Crippen LogP contribution in [0.5, 0.6) is 5.75 Å². The second-order valence-electron chi connectivity index (χ2n) is 5.52. The highest BCUT2D eigenvalue weighted by atomic mass is 16.5. The van der Waals surface area contributed by atoms with E-state index >= 15 is 0 Å². The molecule has 0 unspecified atom stereocenters. The lowest BCUT2D eigenvalue weighted by molar-refractivity contribution is -0.103. The minimum atomic E-state index is 0.521. The number of aldehydes is 1. The predicted octanol–water partition coefficient (Wildman–Crippen LogP) is 2.36. The fourth-order valence-corrected chi connectivity index (χ4v) is 3.65.